The molecule has 0 unspecified atom stereocenters. The van der Waals surface area contributed by atoms with Crippen molar-refractivity contribution < 1.29 is 133 Å². The molecule has 0 bridgehead atoms. The van der Waals surface area contributed by atoms with Crippen LogP contribution in [0.3, 0.4) is 0 Å². The average molecular weight is 808 g/mol. The standard InChI is InChI=1S/C20H10F26O4/c21-9(22,11(25,26)13(29,30)15(33,34)17(37,38)19(41,42)43)3-5-49-7(47)1-2-8(48)50-6-4-10(23,24)12(27,28)14(31,32)16(35,36)18(39,40)20(44,45)46/h1-2H,3-6H2/b2-1-. The van der Waals surface area contributed by atoms with Gasteiger partial charge in [0, 0.05) is 12.2 Å². The Hall–Kier alpha value is -3.14. The maximum atomic E-state index is 13.6. The third-order valence-electron chi connectivity index (χ3n) is 5.67. The first-order valence-corrected chi connectivity index (χ1v) is 11.4. The van der Waals surface area contributed by atoms with Crippen molar-refractivity contribution in [1.29, 1.82) is 0 Å². The number of carbonyl (C=O) groups excluding carboxylic acids is 2. The number of carbonyl (C=O) groups is 2. The largest absolute Gasteiger partial charge is 0.462 e. The van der Waals surface area contributed by atoms with E-state index in [2.05, 4.69) is 9.47 Å². The lowest BCUT2D eigenvalue weighted by molar-refractivity contribution is -0.440. The Morgan fingerprint density at radius 2 is 0.540 bits per heavy atom. The van der Waals surface area contributed by atoms with Gasteiger partial charge in [0.1, 0.15) is 0 Å². The van der Waals surface area contributed by atoms with Gasteiger partial charge in [0.25, 0.3) is 0 Å². The zero-order chi connectivity index (χ0) is 40.8. The highest BCUT2D eigenvalue weighted by Crippen LogP contribution is 2.62. The van der Waals surface area contributed by atoms with Crippen molar-refractivity contribution in [3.05, 3.63) is 12.2 Å². The third-order valence-corrected chi connectivity index (χ3v) is 5.67. The van der Waals surface area contributed by atoms with Gasteiger partial charge in [-0.1, -0.05) is 0 Å². The van der Waals surface area contributed by atoms with Crippen molar-refractivity contribution >= 4 is 11.9 Å². The summed E-state index contributed by atoms with van der Waals surface area (Å²) in [6.45, 7) is -4.74. The van der Waals surface area contributed by atoms with Gasteiger partial charge in [-0.25, -0.2) is 9.59 Å². The summed E-state index contributed by atoms with van der Waals surface area (Å²) in [6, 6.07) is 0. The molecule has 0 aliphatic carbocycles. The molecule has 0 aromatic carbocycles. The molecule has 0 N–H and O–H groups in total. The summed E-state index contributed by atoms with van der Waals surface area (Å²) < 4.78 is 345. The van der Waals surface area contributed by atoms with Gasteiger partial charge in [-0.3, -0.25) is 0 Å². The van der Waals surface area contributed by atoms with Crippen molar-refractivity contribution in [2.75, 3.05) is 13.2 Å². The van der Waals surface area contributed by atoms with E-state index in [1.807, 2.05) is 0 Å². The molecule has 296 valence electrons. The molecule has 4 nitrogen and oxygen atoms in total. The van der Waals surface area contributed by atoms with Crippen molar-refractivity contribution in [1.82, 2.24) is 0 Å². The fourth-order valence-corrected chi connectivity index (χ4v) is 2.71. The van der Waals surface area contributed by atoms with Crippen LogP contribution in [0.2, 0.25) is 0 Å². The Morgan fingerprint density at radius 1 is 0.340 bits per heavy atom. The molecule has 30 heteroatoms. The van der Waals surface area contributed by atoms with E-state index in [9.17, 15) is 124 Å². The van der Waals surface area contributed by atoms with E-state index in [4.69, 9.17) is 0 Å². The Labute approximate surface area is 256 Å². The number of alkyl halides is 26. The van der Waals surface area contributed by atoms with E-state index in [-0.39, 0.29) is 0 Å². The van der Waals surface area contributed by atoms with Crippen LogP contribution < -0.4 is 0 Å². The predicted octanol–water partition coefficient (Wildman–Crippen LogP) is 8.89. The smallest absolute Gasteiger partial charge is 0.460 e. The lowest BCUT2D eigenvalue weighted by Gasteiger charge is -2.39. The van der Waals surface area contributed by atoms with Crippen LogP contribution in [0.5, 0.6) is 0 Å². The molecule has 0 spiro atoms. The summed E-state index contributed by atoms with van der Waals surface area (Å²) in [6.07, 6.45) is -22.5. The Kier molecular flexibility index (Phi) is 12.6. The van der Waals surface area contributed by atoms with Gasteiger partial charge >= 0.3 is 83.5 Å². The lowest BCUT2D eigenvalue weighted by Crippen LogP contribution is -2.70. The number of esters is 2. The predicted molar refractivity (Wildman–Crippen MR) is 102 cm³/mol. The molecule has 0 fully saturated rings. The van der Waals surface area contributed by atoms with Crippen molar-refractivity contribution in [2.45, 2.75) is 84.4 Å². The molecule has 0 aliphatic rings. The van der Waals surface area contributed by atoms with Crippen LogP contribution in [0.4, 0.5) is 114 Å². The first kappa shape index (κ1) is 46.9. The van der Waals surface area contributed by atoms with Crippen LogP contribution in [0.1, 0.15) is 12.8 Å². The van der Waals surface area contributed by atoms with Crippen molar-refractivity contribution in [3.63, 3.8) is 0 Å². The van der Waals surface area contributed by atoms with Crippen LogP contribution in [0, 0.1) is 0 Å². The van der Waals surface area contributed by atoms with E-state index < -0.39 is 122 Å². The number of halogens is 26. The van der Waals surface area contributed by atoms with Crippen molar-refractivity contribution in [2.24, 2.45) is 0 Å². The van der Waals surface area contributed by atoms with E-state index in [1.165, 1.54) is 0 Å². The number of hydrogen-bond donors (Lipinski definition) is 0. The third kappa shape index (κ3) is 7.70. The van der Waals surface area contributed by atoms with Crippen LogP contribution in [0.15, 0.2) is 12.2 Å². The second kappa shape index (κ2) is 13.4. The Balaban J connectivity index is 5.51. The Bertz CT molecular complexity index is 1150. The molecule has 0 aromatic heterocycles. The molecule has 0 saturated carbocycles. The van der Waals surface area contributed by atoms with Gasteiger partial charge < -0.3 is 9.47 Å². The molecule has 0 heterocycles. The highest BCUT2D eigenvalue weighted by molar-refractivity contribution is 5.91. The van der Waals surface area contributed by atoms with Gasteiger partial charge in [0.05, 0.1) is 26.1 Å². The van der Waals surface area contributed by atoms with Gasteiger partial charge in [-0.05, 0) is 0 Å². The minimum absolute atomic E-state index is 0.466. The molecule has 0 aromatic rings. The normalized spacial score (nSPS) is 15.8. The van der Waals surface area contributed by atoms with Gasteiger partial charge in [0.15, 0.2) is 0 Å². The highest BCUT2D eigenvalue weighted by Gasteiger charge is 2.92. The van der Waals surface area contributed by atoms with Crippen LogP contribution >= 0.6 is 0 Å². The summed E-state index contributed by atoms with van der Waals surface area (Å²) in [5, 5.41) is 0. The fourth-order valence-electron chi connectivity index (χ4n) is 2.71. The minimum atomic E-state index is -8.25. The zero-order valence-corrected chi connectivity index (χ0v) is 22.4. The van der Waals surface area contributed by atoms with Gasteiger partial charge in [-0.15, -0.1) is 0 Å². The summed E-state index contributed by atoms with van der Waals surface area (Å²) in [5.74, 6) is -82.6. The van der Waals surface area contributed by atoms with E-state index in [0.29, 0.717) is 0 Å². The molecule has 50 heavy (non-hydrogen) atoms. The summed E-state index contributed by atoms with van der Waals surface area (Å²) in [7, 11) is 0. The SMILES string of the molecule is O=C(/C=C\C(=O)OCCC(F)(F)C(F)(F)C(F)(F)C(F)(F)C(F)(F)C(F)(F)F)OCCC(F)(F)C(F)(F)C(F)(F)C(F)(F)C(F)(F)C(F)(F)F. The first-order chi connectivity index (χ1) is 21.5. The van der Waals surface area contributed by atoms with E-state index in [1.54, 1.807) is 0 Å². The van der Waals surface area contributed by atoms with Crippen LogP contribution in [-0.2, 0) is 19.1 Å². The molecular formula is C20H10F26O4. The highest BCUT2D eigenvalue weighted by atomic mass is 19.4. The van der Waals surface area contributed by atoms with E-state index in [0.717, 1.165) is 0 Å². The molecule has 0 atom stereocenters. The molecule has 0 amide bonds. The second-order valence-electron chi connectivity index (χ2n) is 9.17. The number of rotatable bonds is 16. The van der Waals surface area contributed by atoms with Crippen molar-refractivity contribution in [3.8, 4) is 0 Å². The minimum Gasteiger partial charge on any atom is -0.462 e. The molecule has 0 radical (unpaired) electrons. The van der Waals surface area contributed by atoms with E-state index >= 15 is 0 Å². The average Bonchev–Trinajstić information content (AvgIpc) is 2.89. The quantitative estimate of drug-likeness (QED) is 0.0889. The topological polar surface area (TPSA) is 52.6 Å². The lowest BCUT2D eigenvalue weighted by atomic mass is 9.93. The zero-order valence-electron chi connectivity index (χ0n) is 22.4. The second-order valence-corrected chi connectivity index (χ2v) is 9.17. The number of ether oxygens (including phenoxy) is 2. The summed E-state index contributed by atoms with van der Waals surface area (Å²) in [5.41, 5.74) is 0. The first-order valence-electron chi connectivity index (χ1n) is 11.4. The number of hydrogen-bond acceptors (Lipinski definition) is 4. The maximum absolute atomic E-state index is 13.6. The fraction of sp³-hybridized carbons (Fsp3) is 0.800. The maximum Gasteiger partial charge on any atom is 0.460 e. The summed E-state index contributed by atoms with van der Waals surface area (Å²) in [4.78, 5) is 22.5. The molecule has 0 saturated heterocycles. The van der Waals surface area contributed by atoms with Gasteiger partial charge in [-0.2, -0.15) is 114 Å². The molecule has 0 aliphatic heterocycles. The van der Waals surface area contributed by atoms with Crippen LogP contribution in [-0.4, -0.2) is 96.7 Å². The molecule has 0 rings (SSSR count). The monoisotopic (exact) mass is 808 g/mol. The summed E-state index contributed by atoms with van der Waals surface area (Å²) >= 11 is 0. The Morgan fingerprint density at radius 3 is 0.740 bits per heavy atom. The molecular weight excluding hydrogens is 798 g/mol. The van der Waals surface area contributed by atoms with Gasteiger partial charge in [0.2, 0.25) is 0 Å². The van der Waals surface area contributed by atoms with Crippen LogP contribution in [0.25, 0.3) is 0 Å².